The molecule has 0 aliphatic heterocycles. The molecule has 2 aromatic carbocycles. The van der Waals surface area contributed by atoms with Gasteiger partial charge in [0.2, 0.25) is 0 Å². The summed E-state index contributed by atoms with van der Waals surface area (Å²) in [6, 6.07) is 11.6. The minimum absolute atomic E-state index is 0. The van der Waals surface area contributed by atoms with Gasteiger partial charge in [-0.25, -0.2) is 0 Å². The second-order valence-corrected chi connectivity index (χ2v) is 4.91. The zero-order valence-corrected chi connectivity index (χ0v) is 14.8. The van der Waals surface area contributed by atoms with Gasteiger partial charge in [-0.1, -0.05) is 24.3 Å². The first kappa shape index (κ1) is 19.1. The van der Waals surface area contributed by atoms with Gasteiger partial charge in [0, 0.05) is 57.7 Å². The quantitative estimate of drug-likeness (QED) is 0.496. The van der Waals surface area contributed by atoms with Crippen molar-refractivity contribution in [1.82, 2.24) is 0 Å². The fourth-order valence-corrected chi connectivity index (χ4v) is 2.45. The number of carbonyl (C=O) groups is 2. The molecule has 0 aromatic heterocycles. The second-order valence-electron chi connectivity index (χ2n) is 4.91. The molecule has 0 amide bonds. The maximum absolute atomic E-state index is 12.5. The van der Waals surface area contributed by atoms with Gasteiger partial charge in [0.25, 0.3) is 0 Å². The van der Waals surface area contributed by atoms with E-state index >= 15 is 0 Å². The summed E-state index contributed by atoms with van der Waals surface area (Å²) in [7, 11) is 0. The number of phenolic OH excluding ortho intramolecular Hbond substituents is 1. The molecule has 0 heterocycles. The van der Waals surface area contributed by atoms with Crippen LogP contribution in [-0.4, -0.2) is 30.3 Å². The van der Waals surface area contributed by atoms with Gasteiger partial charge < -0.3 is 10.0 Å². The van der Waals surface area contributed by atoms with Crippen LogP contribution in [0.1, 0.15) is 40.1 Å². The van der Waals surface area contributed by atoms with Crippen molar-refractivity contribution < 1.29 is 36.4 Å². The Morgan fingerprint density at radius 2 is 1.74 bits per heavy atom. The summed E-state index contributed by atoms with van der Waals surface area (Å²) in [6.45, 7) is 5.69. The van der Waals surface area contributed by atoms with Gasteiger partial charge in [-0.3, -0.25) is 9.59 Å². The average Bonchev–Trinajstić information content (AvgIpc) is 2.55. The molecule has 0 radical (unpaired) electrons. The Balaban J connectivity index is 0.00000264. The summed E-state index contributed by atoms with van der Waals surface area (Å²) in [5.41, 5.74) is 1.68. The number of nitrogens with zero attached hydrogens (tertiary/aromatic N) is 1. The Morgan fingerprint density at radius 3 is 2.30 bits per heavy atom. The minimum Gasteiger partial charge on any atom is -0.507 e. The number of hydrogen-bond donors (Lipinski definition) is 1. The van der Waals surface area contributed by atoms with Crippen LogP contribution in [0.4, 0.5) is 5.69 Å². The van der Waals surface area contributed by atoms with E-state index in [1.807, 2.05) is 19.9 Å². The van der Waals surface area contributed by atoms with Crippen LogP contribution in [0.5, 0.6) is 5.75 Å². The molecular formula is C18H19NO3Ti. The SMILES string of the molecule is CCN(CC)c1ccc(C(=O)c2ccccc2C=O)c(O)c1.[Ti]. The van der Waals surface area contributed by atoms with E-state index in [0.717, 1.165) is 18.8 Å². The van der Waals surface area contributed by atoms with E-state index < -0.39 is 0 Å². The van der Waals surface area contributed by atoms with Gasteiger partial charge in [-0.15, -0.1) is 0 Å². The predicted molar refractivity (Wildman–Crippen MR) is 86.9 cm³/mol. The fourth-order valence-electron chi connectivity index (χ4n) is 2.45. The van der Waals surface area contributed by atoms with Crippen LogP contribution in [0, 0.1) is 0 Å². The molecule has 0 bridgehead atoms. The van der Waals surface area contributed by atoms with Crippen LogP contribution in [0.25, 0.3) is 0 Å². The largest absolute Gasteiger partial charge is 0.507 e. The maximum atomic E-state index is 12.5. The third-order valence-corrected chi connectivity index (χ3v) is 3.69. The monoisotopic (exact) mass is 345 g/mol. The summed E-state index contributed by atoms with van der Waals surface area (Å²) in [5.74, 6) is -0.429. The Kier molecular flexibility index (Phi) is 7.20. The van der Waals surface area contributed by atoms with Crippen LogP contribution in [-0.2, 0) is 21.7 Å². The normalized spacial score (nSPS) is 9.83. The van der Waals surface area contributed by atoms with E-state index in [0.29, 0.717) is 17.4 Å². The van der Waals surface area contributed by atoms with Gasteiger partial charge in [0.1, 0.15) is 5.75 Å². The zero-order valence-electron chi connectivity index (χ0n) is 13.2. The summed E-state index contributed by atoms with van der Waals surface area (Å²) >= 11 is 0. The van der Waals surface area contributed by atoms with Crippen molar-refractivity contribution in [3.8, 4) is 5.75 Å². The van der Waals surface area contributed by atoms with Crippen molar-refractivity contribution in [1.29, 1.82) is 0 Å². The number of carbonyl (C=O) groups excluding carboxylic acids is 2. The molecule has 0 aliphatic carbocycles. The molecular weight excluding hydrogens is 326 g/mol. The first-order valence-electron chi connectivity index (χ1n) is 7.29. The van der Waals surface area contributed by atoms with Crippen LogP contribution in [0.2, 0.25) is 0 Å². The predicted octanol–water partition coefficient (Wildman–Crippen LogP) is 3.28. The summed E-state index contributed by atoms with van der Waals surface area (Å²) in [5, 5.41) is 10.2. The fraction of sp³-hybridized carbons (Fsp3) is 0.222. The molecule has 0 spiro atoms. The Labute approximate surface area is 151 Å². The van der Waals surface area contributed by atoms with E-state index in [4.69, 9.17) is 0 Å². The molecule has 0 aliphatic rings. The van der Waals surface area contributed by atoms with Crippen LogP contribution in [0.3, 0.4) is 0 Å². The number of rotatable bonds is 6. The molecule has 0 atom stereocenters. The third kappa shape index (κ3) is 4.09. The molecule has 1 N–H and O–H groups in total. The van der Waals surface area contributed by atoms with Gasteiger partial charge >= 0.3 is 0 Å². The van der Waals surface area contributed by atoms with Crippen LogP contribution >= 0.6 is 0 Å². The van der Waals surface area contributed by atoms with Gasteiger partial charge in [0.05, 0.1) is 5.56 Å². The molecule has 0 fully saturated rings. The van der Waals surface area contributed by atoms with Gasteiger partial charge in [-0.05, 0) is 26.0 Å². The molecule has 5 heteroatoms. The maximum Gasteiger partial charge on any atom is 0.197 e. The molecule has 0 saturated heterocycles. The number of hydrogen-bond acceptors (Lipinski definition) is 4. The smallest absolute Gasteiger partial charge is 0.197 e. The van der Waals surface area contributed by atoms with E-state index in [-0.39, 0.29) is 38.8 Å². The van der Waals surface area contributed by atoms with Gasteiger partial charge in [0.15, 0.2) is 12.1 Å². The number of aldehydes is 1. The second kappa shape index (κ2) is 8.65. The summed E-state index contributed by atoms with van der Waals surface area (Å²) in [4.78, 5) is 25.7. The van der Waals surface area contributed by atoms with Crippen molar-refractivity contribution in [3.63, 3.8) is 0 Å². The third-order valence-electron chi connectivity index (χ3n) is 3.69. The zero-order chi connectivity index (χ0) is 16.1. The Morgan fingerprint density at radius 1 is 1.09 bits per heavy atom. The Bertz CT molecular complexity index is 696. The number of benzene rings is 2. The number of anilines is 1. The summed E-state index contributed by atoms with van der Waals surface area (Å²) in [6.07, 6.45) is 0.647. The van der Waals surface area contributed by atoms with Crippen molar-refractivity contribution >= 4 is 17.8 Å². The molecule has 118 valence electrons. The average molecular weight is 345 g/mol. The molecule has 2 aromatic rings. The number of ketones is 1. The molecule has 2 rings (SSSR count). The molecule has 23 heavy (non-hydrogen) atoms. The first-order chi connectivity index (χ1) is 10.6. The van der Waals surface area contributed by atoms with Gasteiger partial charge in [-0.2, -0.15) is 0 Å². The van der Waals surface area contributed by atoms with Crippen molar-refractivity contribution in [3.05, 3.63) is 59.2 Å². The minimum atomic E-state index is -0.355. The van der Waals surface area contributed by atoms with E-state index in [2.05, 4.69) is 4.90 Å². The number of aromatic hydroxyl groups is 1. The van der Waals surface area contributed by atoms with Crippen LogP contribution in [0.15, 0.2) is 42.5 Å². The van der Waals surface area contributed by atoms with Crippen LogP contribution < -0.4 is 4.90 Å². The van der Waals surface area contributed by atoms with Crippen molar-refractivity contribution in [2.75, 3.05) is 18.0 Å². The van der Waals surface area contributed by atoms with Crippen molar-refractivity contribution in [2.45, 2.75) is 13.8 Å². The van der Waals surface area contributed by atoms with E-state index in [1.165, 1.54) is 0 Å². The molecule has 4 nitrogen and oxygen atoms in total. The van der Waals surface area contributed by atoms with Crippen molar-refractivity contribution in [2.24, 2.45) is 0 Å². The number of phenols is 1. The Hall–Kier alpha value is -1.91. The molecule has 0 unspecified atom stereocenters. The summed E-state index contributed by atoms with van der Waals surface area (Å²) < 4.78 is 0. The van der Waals surface area contributed by atoms with E-state index in [1.54, 1.807) is 36.4 Å². The first-order valence-corrected chi connectivity index (χ1v) is 7.29. The van der Waals surface area contributed by atoms with E-state index in [9.17, 15) is 14.7 Å². The topological polar surface area (TPSA) is 57.6 Å². The molecule has 0 saturated carbocycles. The standard InChI is InChI=1S/C18H19NO3.Ti/c1-3-19(4-2)14-9-10-16(17(21)11-14)18(22)15-8-6-5-7-13(15)12-20;/h5-12,21H,3-4H2,1-2H3;.